The van der Waals surface area contributed by atoms with Crippen LogP contribution in [0.5, 0.6) is 0 Å². The second kappa shape index (κ2) is 5.77. The molecule has 0 nitrogen and oxygen atoms in total. The molecule has 0 heterocycles. The summed E-state index contributed by atoms with van der Waals surface area (Å²) in [7, 11) is 0. The molecule has 4 aromatic rings. The van der Waals surface area contributed by atoms with Gasteiger partial charge in [-0.3, -0.25) is 0 Å². The predicted octanol–water partition coefficient (Wildman–Crippen LogP) is 7.02. The van der Waals surface area contributed by atoms with Crippen LogP contribution in [0, 0.1) is 0 Å². The van der Waals surface area contributed by atoms with Crippen molar-refractivity contribution < 1.29 is 0 Å². The number of fused-ring (bicyclic) bond motifs is 2. The van der Waals surface area contributed by atoms with E-state index < -0.39 is 0 Å². The minimum Gasteiger partial charge on any atom is -0.0537 e. The summed E-state index contributed by atoms with van der Waals surface area (Å²) >= 11 is 0. The summed E-state index contributed by atoms with van der Waals surface area (Å²) in [5, 5.41) is 8.60. The maximum absolute atomic E-state index is 2.43. The fraction of sp³-hybridized carbons (Fsp3) is 0.333. The number of rotatable bonds is 0. The SMILES string of the molecule is c1cc2cc3cc4ccc5cc(cc1c5c24)CCCCCCCC3. The van der Waals surface area contributed by atoms with Crippen LogP contribution in [0.1, 0.15) is 49.7 Å². The summed E-state index contributed by atoms with van der Waals surface area (Å²) in [6.45, 7) is 0. The van der Waals surface area contributed by atoms with Crippen molar-refractivity contribution in [2.75, 3.05) is 0 Å². The first kappa shape index (κ1) is 14.3. The second-order valence-electron chi connectivity index (χ2n) is 7.59. The molecule has 3 aliphatic rings. The van der Waals surface area contributed by atoms with Crippen molar-refractivity contribution in [2.45, 2.75) is 51.4 Å². The van der Waals surface area contributed by atoms with Crippen molar-refractivity contribution in [3.63, 3.8) is 0 Å². The fourth-order valence-electron chi connectivity index (χ4n) is 4.62. The second-order valence-corrected chi connectivity index (χ2v) is 7.59. The van der Waals surface area contributed by atoms with Crippen molar-refractivity contribution >= 4 is 32.3 Å². The van der Waals surface area contributed by atoms with E-state index in [4.69, 9.17) is 0 Å². The third kappa shape index (κ3) is 2.36. The Labute approximate surface area is 143 Å². The highest BCUT2D eigenvalue weighted by Gasteiger charge is 2.11. The van der Waals surface area contributed by atoms with E-state index in [1.807, 2.05) is 0 Å². The summed E-state index contributed by atoms with van der Waals surface area (Å²) in [5.41, 5.74) is 3.02. The quantitative estimate of drug-likeness (QED) is 0.306. The van der Waals surface area contributed by atoms with Crippen molar-refractivity contribution in [1.82, 2.24) is 0 Å². The van der Waals surface area contributed by atoms with Gasteiger partial charge in [0.05, 0.1) is 0 Å². The third-order valence-corrected chi connectivity index (χ3v) is 5.83. The number of aryl methyl sites for hydroxylation is 2. The summed E-state index contributed by atoms with van der Waals surface area (Å²) in [6, 6.07) is 19.1. The zero-order valence-corrected chi connectivity index (χ0v) is 14.3. The van der Waals surface area contributed by atoms with Gasteiger partial charge in [0.2, 0.25) is 0 Å². The minimum atomic E-state index is 1.22. The van der Waals surface area contributed by atoms with Gasteiger partial charge in [0.25, 0.3) is 0 Å². The van der Waals surface area contributed by atoms with Crippen LogP contribution in [-0.4, -0.2) is 0 Å². The van der Waals surface area contributed by atoms with Crippen molar-refractivity contribution in [3.8, 4) is 0 Å². The van der Waals surface area contributed by atoms with Crippen LogP contribution in [0.25, 0.3) is 32.3 Å². The Morgan fingerprint density at radius 2 is 0.750 bits per heavy atom. The Kier molecular flexibility index (Phi) is 3.43. The van der Waals surface area contributed by atoms with E-state index in [0.29, 0.717) is 0 Å². The molecule has 0 saturated carbocycles. The lowest BCUT2D eigenvalue weighted by Crippen LogP contribution is -1.93. The Morgan fingerprint density at radius 3 is 1.12 bits per heavy atom. The summed E-state index contributed by atoms with van der Waals surface area (Å²) in [6.07, 6.45) is 10.6. The molecule has 0 N–H and O–H groups in total. The molecular formula is C24H24. The Morgan fingerprint density at radius 1 is 0.417 bits per heavy atom. The van der Waals surface area contributed by atoms with E-state index in [1.165, 1.54) is 94.8 Å². The molecule has 8 bridgehead atoms. The summed E-state index contributed by atoms with van der Waals surface area (Å²) in [5.74, 6) is 0. The van der Waals surface area contributed by atoms with E-state index in [9.17, 15) is 0 Å². The molecule has 7 rings (SSSR count). The maximum atomic E-state index is 2.43. The molecule has 0 saturated heterocycles. The van der Waals surface area contributed by atoms with Gasteiger partial charge in [-0.15, -0.1) is 0 Å². The zero-order valence-electron chi connectivity index (χ0n) is 14.3. The Bertz CT molecular complexity index is 859. The first-order valence-corrected chi connectivity index (χ1v) is 9.59. The van der Waals surface area contributed by atoms with E-state index in [-0.39, 0.29) is 0 Å². The average Bonchev–Trinajstić information content (AvgIpc) is 2.60. The standard InChI is InChI=1S/C24H24/c1-2-4-6-8-18-15-21-11-9-19-13-17(7-5-3-1)14-20-10-12-22(16-18)24(21)23(19)20/h9-16H,1-8H2. The van der Waals surface area contributed by atoms with Crippen molar-refractivity contribution in [3.05, 3.63) is 59.7 Å². The zero-order chi connectivity index (χ0) is 15.9. The molecule has 0 aliphatic heterocycles. The number of benzene rings is 4. The van der Waals surface area contributed by atoms with Gasteiger partial charge < -0.3 is 0 Å². The van der Waals surface area contributed by atoms with Gasteiger partial charge in [-0.2, -0.15) is 0 Å². The van der Waals surface area contributed by atoms with Gasteiger partial charge in [0, 0.05) is 0 Å². The highest BCUT2D eigenvalue weighted by Crippen LogP contribution is 2.36. The molecule has 4 aromatic carbocycles. The minimum absolute atomic E-state index is 1.22. The van der Waals surface area contributed by atoms with Crippen molar-refractivity contribution in [2.24, 2.45) is 0 Å². The van der Waals surface area contributed by atoms with Crippen LogP contribution in [0.15, 0.2) is 48.5 Å². The Hall–Kier alpha value is -2.08. The first-order valence-electron chi connectivity index (χ1n) is 9.59. The largest absolute Gasteiger partial charge is 0.0537 e. The van der Waals surface area contributed by atoms with Crippen LogP contribution < -0.4 is 0 Å². The van der Waals surface area contributed by atoms with E-state index in [1.54, 1.807) is 0 Å². The van der Waals surface area contributed by atoms with E-state index >= 15 is 0 Å². The first-order chi connectivity index (χ1) is 11.9. The highest BCUT2D eigenvalue weighted by atomic mass is 14.1. The van der Waals surface area contributed by atoms with Gasteiger partial charge >= 0.3 is 0 Å². The van der Waals surface area contributed by atoms with Crippen molar-refractivity contribution in [1.29, 1.82) is 0 Å². The van der Waals surface area contributed by atoms with Gasteiger partial charge in [0.1, 0.15) is 0 Å². The molecule has 0 spiro atoms. The van der Waals surface area contributed by atoms with Gasteiger partial charge in [-0.1, -0.05) is 74.2 Å². The normalized spacial score (nSPS) is 16.7. The molecule has 0 amide bonds. The van der Waals surface area contributed by atoms with Crippen LogP contribution >= 0.6 is 0 Å². The molecule has 3 aliphatic carbocycles. The molecule has 0 radical (unpaired) electrons. The monoisotopic (exact) mass is 312 g/mol. The molecule has 0 aromatic heterocycles. The smallest absolute Gasteiger partial charge is 0.00266 e. The number of hydrogen-bond acceptors (Lipinski definition) is 0. The summed E-state index contributed by atoms with van der Waals surface area (Å²) < 4.78 is 0. The maximum Gasteiger partial charge on any atom is -0.00266 e. The summed E-state index contributed by atoms with van der Waals surface area (Å²) in [4.78, 5) is 0. The van der Waals surface area contributed by atoms with Crippen LogP contribution in [0.2, 0.25) is 0 Å². The molecule has 0 unspecified atom stereocenters. The lowest BCUT2D eigenvalue weighted by Gasteiger charge is -2.15. The lowest BCUT2D eigenvalue weighted by atomic mass is 9.89. The van der Waals surface area contributed by atoms with E-state index in [2.05, 4.69) is 48.5 Å². The number of hydrogen-bond donors (Lipinski definition) is 0. The fourth-order valence-corrected chi connectivity index (χ4v) is 4.62. The van der Waals surface area contributed by atoms with Gasteiger partial charge in [-0.05, 0) is 69.1 Å². The third-order valence-electron chi connectivity index (χ3n) is 5.83. The molecule has 120 valence electrons. The lowest BCUT2D eigenvalue weighted by molar-refractivity contribution is 0.594. The average molecular weight is 312 g/mol. The topological polar surface area (TPSA) is 0 Å². The van der Waals surface area contributed by atoms with Crippen LogP contribution in [0.4, 0.5) is 0 Å². The van der Waals surface area contributed by atoms with Gasteiger partial charge in [0.15, 0.2) is 0 Å². The predicted molar refractivity (Wildman–Crippen MR) is 105 cm³/mol. The molecule has 0 heteroatoms. The highest BCUT2D eigenvalue weighted by molar-refractivity contribution is 6.23. The van der Waals surface area contributed by atoms with Crippen LogP contribution in [0.3, 0.4) is 0 Å². The van der Waals surface area contributed by atoms with E-state index in [0.717, 1.165) is 0 Å². The Balaban J connectivity index is 1.80. The van der Waals surface area contributed by atoms with Gasteiger partial charge in [-0.25, -0.2) is 0 Å². The van der Waals surface area contributed by atoms with Crippen LogP contribution in [-0.2, 0) is 12.8 Å². The molecular weight excluding hydrogens is 288 g/mol. The molecule has 0 atom stereocenters. The molecule has 24 heavy (non-hydrogen) atoms. The molecule has 0 fully saturated rings.